The van der Waals surface area contributed by atoms with Crippen molar-refractivity contribution in [2.24, 2.45) is 0 Å². The Balaban J connectivity index is 2.32. The number of esters is 1. The van der Waals surface area contributed by atoms with Gasteiger partial charge in [0, 0.05) is 17.2 Å². The maximum Gasteiger partial charge on any atom is 0.339 e. The molecule has 0 unspecified atom stereocenters. The van der Waals surface area contributed by atoms with Crippen LogP contribution in [0.4, 0.5) is 4.39 Å². The second-order valence-corrected chi connectivity index (χ2v) is 9.62. The average molecular weight is 479 g/mol. The molecular formula is C30H35FO4. The van der Waals surface area contributed by atoms with Gasteiger partial charge in [-0.2, -0.15) is 0 Å². The van der Waals surface area contributed by atoms with Gasteiger partial charge in [-0.3, -0.25) is 0 Å². The summed E-state index contributed by atoms with van der Waals surface area (Å²) in [6.45, 7) is 11.7. The fourth-order valence-corrected chi connectivity index (χ4v) is 4.25. The molecular weight excluding hydrogens is 443 g/mol. The van der Waals surface area contributed by atoms with Crippen molar-refractivity contribution >= 4 is 5.97 Å². The minimum absolute atomic E-state index is 0.0165. The van der Waals surface area contributed by atoms with Crippen molar-refractivity contribution < 1.29 is 23.8 Å². The Morgan fingerprint density at radius 1 is 0.914 bits per heavy atom. The zero-order chi connectivity index (χ0) is 25.7. The van der Waals surface area contributed by atoms with Gasteiger partial charge in [-0.25, -0.2) is 9.18 Å². The quantitative estimate of drug-likeness (QED) is 0.326. The summed E-state index contributed by atoms with van der Waals surface area (Å²) in [4.78, 5) is 13.5. The normalized spacial score (nSPS) is 11.4. The zero-order valence-electron chi connectivity index (χ0n) is 21.4. The molecule has 0 aromatic heterocycles. The third-order valence-electron chi connectivity index (χ3n) is 5.90. The van der Waals surface area contributed by atoms with Crippen molar-refractivity contribution in [3.05, 3.63) is 88.2 Å². The Morgan fingerprint density at radius 3 is 2.14 bits per heavy atom. The monoisotopic (exact) mass is 478 g/mol. The third-order valence-corrected chi connectivity index (χ3v) is 5.90. The molecule has 4 nitrogen and oxygen atoms in total. The minimum atomic E-state index is -0.470. The minimum Gasteiger partial charge on any atom is -0.488 e. The Hall–Kier alpha value is -3.18. The lowest BCUT2D eigenvalue weighted by atomic mass is 9.81. The van der Waals surface area contributed by atoms with Gasteiger partial charge in [0.15, 0.2) is 0 Å². The van der Waals surface area contributed by atoms with Crippen molar-refractivity contribution in [1.82, 2.24) is 0 Å². The summed E-state index contributed by atoms with van der Waals surface area (Å²) >= 11 is 0. The van der Waals surface area contributed by atoms with E-state index in [1.807, 2.05) is 64.1 Å². The van der Waals surface area contributed by atoms with E-state index < -0.39 is 11.8 Å². The molecule has 186 valence electrons. The lowest BCUT2D eigenvalue weighted by Crippen LogP contribution is -2.18. The molecule has 35 heavy (non-hydrogen) atoms. The van der Waals surface area contributed by atoms with Gasteiger partial charge in [-0.05, 0) is 60.1 Å². The number of hydrogen-bond donors (Lipinski definition) is 1. The molecule has 3 rings (SSSR count). The van der Waals surface area contributed by atoms with E-state index in [4.69, 9.17) is 9.47 Å². The van der Waals surface area contributed by atoms with E-state index >= 15 is 0 Å². The molecule has 3 aromatic rings. The van der Waals surface area contributed by atoms with Crippen LogP contribution in [0.25, 0.3) is 11.1 Å². The first-order valence-electron chi connectivity index (χ1n) is 12.1. The number of hydrogen-bond acceptors (Lipinski definition) is 4. The maximum atomic E-state index is 14.4. The number of carbonyl (C=O) groups is 1. The summed E-state index contributed by atoms with van der Waals surface area (Å²) in [6.07, 6.45) is -0.320. The highest BCUT2D eigenvalue weighted by Crippen LogP contribution is 2.42. The first-order chi connectivity index (χ1) is 16.6. The molecule has 0 fully saturated rings. The van der Waals surface area contributed by atoms with Crippen LogP contribution in [0.15, 0.2) is 54.6 Å². The van der Waals surface area contributed by atoms with Gasteiger partial charge < -0.3 is 14.6 Å². The summed E-state index contributed by atoms with van der Waals surface area (Å²) in [5.41, 5.74) is 4.79. The van der Waals surface area contributed by atoms with Crippen LogP contribution < -0.4 is 4.74 Å². The fraction of sp³-hybridized carbons (Fsp3) is 0.367. The number of aliphatic hydroxyl groups is 1. The summed E-state index contributed by atoms with van der Waals surface area (Å²) in [6, 6.07) is 15.9. The lowest BCUT2D eigenvalue weighted by Gasteiger charge is -2.26. The summed E-state index contributed by atoms with van der Waals surface area (Å²) in [5, 5.41) is 10.5. The second-order valence-electron chi connectivity index (χ2n) is 9.62. The molecule has 0 spiro atoms. The highest BCUT2D eigenvalue weighted by Gasteiger charge is 2.29. The number of benzene rings is 3. The molecule has 3 aromatic carbocycles. The SMILES string of the molecule is CC(C)OC(=O)c1c(C(C)C)cc(C(C)C)c(CO)c1-c1ccc(F)cc1OCc1ccccc1. The van der Waals surface area contributed by atoms with Gasteiger partial charge in [-0.1, -0.05) is 64.1 Å². The highest BCUT2D eigenvalue weighted by molar-refractivity contribution is 6.01. The van der Waals surface area contributed by atoms with Crippen LogP contribution in [0.3, 0.4) is 0 Å². The molecule has 5 heteroatoms. The van der Waals surface area contributed by atoms with Crippen LogP contribution in [-0.4, -0.2) is 17.2 Å². The van der Waals surface area contributed by atoms with Crippen LogP contribution in [0.2, 0.25) is 0 Å². The molecule has 0 atom stereocenters. The number of halogens is 1. The Bertz CT molecular complexity index is 1170. The molecule has 0 aliphatic rings. The van der Waals surface area contributed by atoms with Crippen molar-refractivity contribution in [1.29, 1.82) is 0 Å². The van der Waals surface area contributed by atoms with Gasteiger partial charge >= 0.3 is 5.97 Å². The van der Waals surface area contributed by atoms with Gasteiger partial charge in [0.05, 0.1) is 18.3 Å². The zero-order valence-corrected chi connectivity index (χ0v) is 21.4. The standard InChI is InChI=1S/C30H35FO4/c1-18(2)24-15-25(19(3)4)29(30(33)35-20(5)6)28(26(24)16-32)23-13-12-22(31)14-27(23)34-17-21-10-8-7-9-11-21/h7-15,18-20,32H,16-17H2,1-6H3. The van der Waals surface area contributed by atoms with E-state index in [0.29, 0.717) is 28.0 Å². The van der Waals surface area contributed by atoms with Gasteiger partial charge in [0.1, 0.15) is 18.2 Å². The van der Waals surface area contributed by atoms with Crippen LogP contribution in [0, 0.1) is 5.82 Å². The van der Waals surface area contributed by atoms with E-state index in [-0.39, 0.29) is 31.2 Å². The molecule has 0 saturated carbocycles. The van der Waals surface area contributed by atoms with Crippen molar-refractivity contribution in [2.75, 3.05) is 0 Å². The largest absolute Gasteiger partial charge is 0.488 e. The summed E-state index contributed by atoms with van der Waals surface area (Å²) in [5.74, 6) is -0.502. The van der Waals surface area contributed by atoms with Crippen LogP contribution in [-0.2, 0) is 18.0 Å². The number of rotatable bonds is 9. The molecule has 0 bridgehead atoms. The van der Waals surface area contributed by atoms with Crippen molar-refractivity contribution in [3.63, 3.8) is 0 Å². The highest BCUT2D eigenvalue weighted by atomic mass is 19.1. The molecule has 0 aliphatic heterocycles. The summed E-state index contributed by atoms with van der Waals surface area (Å²) in [7, 11) is 0. The lowest BCUT2D eigenvalue weighted by molar-refractivity contribution is 0.0377. The predicted molar refractivity (Wildman–Crippen MR) is 137 cm³/mol. The summed E-state index contributed by atoms with van der Waals surface area (Å²) < 4.78 is 26.1. The fourth-order valence-electron chi connectivity index (χ4n) is 4.25. The van der Waals surface area contributed by atoms with Crippen LogP contribution in [0.5, 0.6) is 5.75 Å². The predicted octanol–water partition coefficient (Wildman–Crippen LogP) is 7.38. The first kappa shape index (κ1) is 26.4. The topological polar surface area (TPSA) is 55.8 Å². The Morgan fingerprint density at radius 2 is 1.57 bits per heavy atom. The average Bonchev–Trinajstić information content (AvgIpc) is 2.81. The molecule has 1 N–H and O–H groups in total. The van der Waals surface area contributed by atoms with Crippen molar-refractivity contribution in [2.45, 2.75) is 72.7 Å². The second kappa shape index (κ2) is 11.5. The first-order valence-corrected chi connectivity index (χ1v) is 12.1. The molecule has 0 aliphatic carbocycles. The molecule has 0 radical (unpaired) electrons. The number of ether oxygens (including phenoxy) is 2. The van der Waals surface area contributed by atoms with E-state index in [0.717, 1.165) is 16.7 Å². The van der Waals surface area contributed by atoms with E-state index in [9.17, 15) is 14.3 Å². The van der Waals surface area contributed by atoms with Crippen LogP contribution in [0.1, 0.15) is 86.0 Å². The molecule has 0 heterocycles. The smallest absolute Gasteiger partial charge is 0.339 e. The third kappa shape index (κ3) is 6.09. The van der Waals surface area contributed by atoms with Gasteiger partial charge in [0.25, 0.3) is 0 Å². The number of carbonyl (C=O) groups excluding carboxylic acids is 1. The maximum absolute atomic E-state index is 14.4. The van der Waals surface area contributed by atoms with Crippen molar-refractivity contribution in [3.8, 4) is 16.9 Å². The van der Waals surface area contributed by atoms with E-state index in [1.165, 1.54) is 12.1 Å². The Labute approximate surface area is 207 Å². The Kier molecular flexibility index (Phi) is 8.68. The van der Waals surface area contributed by atoms with Gasteiger partial charge in [0.2, 0.25) is 0 Å². The molecule has 0 amide bonds. The van der Waals surface area contributed by atoms with E-state index in [1.54, 1.807) is 19.9 Å². The van der Waals surface area contributed by atoms with Crippen LogP contribution >= 0.6 is 0 Å². The number of aliphatic hydroxyl groups excluding tert-OH is 1. The molecule has 0 saturated heterocycles. The van der Waals surface area contributed by atoms with E-state index in [2.05, 4.69) is 0 Å². The van der Waals surface area contributed by atoms with Gasteiger partial charge in [-0.15, -0.1) is 0 Å².